The van der Waals surface area contributed by atoms with Crippen molar-refractivity contribution < 1.29 is 5.11 Å². The molecule has 2 atom stereocenters. The minimum Gasteiger partial charge on any atom is -0.388 e. The molecule has 0 bridgehead atoms. The number of aliphatic hydroxyl groups is 1. The molecule has 2 rings (SSSR count). The van der Waals surface area contributed by atoms with E-state index in [1.807, 2.05) is 19.1 Å². The average Bonchev–Trinajstić information content (AvgIpc) is 2.41. The van der Waals surface area contributed by atoms with Crippen LogP contribution in [0.15, 0.2) is 36.4 Å². The van der Waals surface area contributed by atoms with Crippen LogP contribution >= 0.6 is 34.8 Å². The maximum absolute atomic E-state index is 10.7. The van der Waals surface area contributed by atoms with Crippen LogP contribution in [-0.4, -0.2) is 11.7 Å². The average molecular weight is 345 g/mol. The Labute approximate surface area is 139 Å². The van der Waals surface area contributed by atoms with Crippen molar-refractivity contribution in [2.45, 2.75) is 18.9 Å². The van der Waals surface area contributed by atoms with E-state index in [2.05, 4.69) is 0 Å². The highest BCUT2D eigenvalue weighted by atomic mass is 35.5. The number of hydrogen-bond acceptors (Lipinski definition) is 2. The van der Waals surface area contributed by atoms with E-state index in [1.54, 1.807) is 24.3 Å². The van der Waals surface area contributed by atoms with Crippen LogP contribution in [0.3, 0.4) is 0 Å². The van der Waals surface area contributed by atoms with E-state index in [9.17, 15) is 5.11 Å². The first-order chi connectivity index (χ1) is 9.93. The van der Waals surface area contributed by atoms with Crippen LogP contribution in [0.4, 0.5) is 0 Å². The van der Waals surface area contributed by atoms with Crippen LogP contribution in [0.25, 0.3) is 0 Å². The first kappa shape index (κ1) is 16.6. The fourth-order valence-corrected chi connectivity index (χ4v) is 3.41. The van der Waals surface area contributed by atoms with Crippen molar-refractivity contribution in [2.75, 3.05) is 6.54 Å². The van der Waals surface area contributed by atoms with Gasteiger partial charge in [-0.1, -0.05) is 46.9 Å². The van der Waals surface area contributed by atoms with Crippen molar-refractivity contribution in [3.05, 3.63) is 68.2 Å². The summed E-state index contributed by atoms with van der Waals surface area (Å²) in [6.07, 6.45) is -0.829. The van der Waals surface area contributed by atoms with Crippen molar-refractivity contribution in [1.29, 1.82) is 0 Å². The number of halogens is 3. The van der Waals surface area contributed by atoms with E-state index >= 15 is 0 Å². The van der Waals surface area contributed by atoms with Gasteiger partial charge in [0, 0.05) is 27.5 Å². The molecule has 0 aliphatic carbocycles. The number of aliphatic hydroxyl groups excluding tert-OH is 1. The van der Waals surface area contributed by atoms with Crippen molar-refractivity contribution in [3.8, 4) is 0 Å². The van der Waals surface area contributed by atoms with Gasteiger partial charge in [0.05, 0.1) is 6.10 Å². The van der Waals surface area contributed by atoms with Crippen LogP contribution in [0.2, 0.25) is 15.1 Å². The number of benzene rings is 2. The third-order valence-electron chi connectivity index (χ3n) is 3.41. The van der Waals surface area contributed by atoms with Crippen molar-refractivity contribution in [3.63, 3.8) is 0 Å². The van der Waals surface area contributed by atoms with Gasteiger partial charge in [0.15, 0.2) is 0 Å². The Kier molecular flexibility index (Phi) is 5.53. The summed E-state index contributed by atoms with van der Waals surface area (Å²) in [5.41, 5.74) is 8.18. The maximum Gasteiger partial charge on any atom is 0.0872 e. The quantitative estimate of drug-likeness (QED) is 0.842. The molecule has 0 aromatic heterocycles. The first-order valence-corrected chi connectivity index (χ1v) is 7.66. The van der Waals surface area contributed by atoms with E-state index in [-0.39, 0.29) is 6.54 Å². The molecule has 0 saturated heterocycles. The van der Waals surface area contributed by atoms with E-state index in [1.165, 1.54) is 0 Å². The lowest BCUT2D eigenvalue weighted by molar-refractivity contribution is 0.147. The Bertz CT molecular complexity index is 605. The minimum absolute atomic E-state index is 0.218. The maximum atomic E-state index is 10.7. The molecular weight excluding hydrogens is 329 g/mol. The van der Waals surface area contributed by atoms with Gasteiger partial charge >= 0.3 is 0 Å². The zero-order chi connectivity index (χ0) is 15.6. The molecule has 0 saturated carbocycles. The van der Waals surface area contributed by atoms with Gasteiger partial charge in [-0.05, 0) is 47.9 Å². The molecule has 0 heterocycles. The summed E-state index contributed by atoms with van der Waals surface area (Å²) in [6.45, 7) is 2.14. The fourth-order valence-electron chi connectivity index (χ4n) is 2.44. The molecule has 21 heavy (non-hydrogen) atoms. The second-order valence-corrected chi connectivity index (χ2v) is 6.24. The van der Waals surface area contributed by atoms with Crippen LogP contribution in [-0.2, 0) is 0 Å². The van der Waals surface area contributed by atoms with Gasteiger partial charge in [-0.3, -0.25) is 0 Å². The molecule has 112 valence electrons. The summed E-state index contributed by atoms with van der Waals surface area (Å²) < 4.78 is 0. The van der Waals surface area contributed by atoms with Crippen molar-refractivity contribution in [1.82, 2.24) is 0 Å². The number of aryl methyl sites for hydroxylation is 1. The zero-order valence-corrected chi connectivity index (χ0v) is 13.8. The predicted molar refractivity (Wildman–Crippen MR) is 89.4 cm³/mol. The zero-order valence-electron chi connectivity index (χ0n) is 11.5. The minimum atomic E-state index is -0.829. The second kappa shape index (κ2) is 6.99. The highest BCUT2D eigenvalue weighted by Crippen LogP contribution is 2.39. The van der Waals surface area contributed by atoms with E-state index in [4.69, 9.17) is 40.5 Å². The molecule has 5 heteroatoms. The molecule has 2 aromatic carbocycles. The molecule has 0 radical (unpaired) electrons. The molecule has 0 amide bonds. The summed E-state index contributed by atoms with van der Waals surface area (Å²) in [5, 5.41) is 12.2. The predicted octanol–water partition coefficient (Wildman–Crippen LogP) is 4.73. The monoisotopic (exact) mass is 343 g/mol. The van der Waals surface area contributed by atoms with Crippen LogP contribution in [0, 0.1) is 6.92 Å². The summed E-state index contributed by atoms with van der Waals surface area (Å²) in [7, 11) is 0. The third-order valence-corrected chi connectivity index (χ3v) is 4.29. The van der Waals surface area contributed by atoms with Gasteiger partial charge in [0.1, 0.15) is 0 Å². The second-order valence-electron chi connectivity index (χ2n) is 4.98. The van der Waals surface area contributed by atoms with Crippen molar-refractivity contribution >= 4 is 34.8 Å². The molecule has 2 nitrogen and oxygen atoms in total. The van der Waals surface area contributed by atoms with E-state index in [0.717, 1.165) is 5.56 Å². The highest BCUT2D eigenvalue weighted by molar-refractivity contribution is 6.36. The number of nitrogens with two attached hydrogens (primary N) is 1. The SMILES string of the molecule is Cc1cc(Cl)cc(C(O)C(CN)c2c(Cl)cccc2Cl)c1. The topological polar surface area (TPSA) is 46.2 Å². The fraction of sp³-hybridized carbons (Fsp3) is 0.250. The van der Waals surface area contributed by atoms with Gasteiger partial charge in [-0.15, -0.1) is 0 Å². The Morgan fingerprint density at radius 3 is 2.24 bits per heavy atom. The summed E-state index contributed by atoms with van der Waals surface area (Å²) >= 11 is 18.5. The Morgan fingerprint density at radius 1 is 1.10 bits per heavy atom. The lowest BCUT2D eigenvalue weighted by atomic mass is 9.88. The van der Waals surface area contributed by atoms with Crippen LogP contribution in [0.5, 0.6) is 0 Å². The first-order valence-electron chi connectivity index (χ1n) is 6.53. The Hall–Kier alpha value is -0.770. The van der Waals surface area contributed by atoms with E-state index in [0.29, 0.717) is 26.2 Å². The third kappa shape index (κ3) is 3.71. The molecular formula is C16H16Cl3NO. The molecule has 2 aromatic rings. The number of rotatable bonds is 4. The van der Waals surface area contributed by atoms with Gasteiger partial charge in [-0.2, -0.15) is 0 Å². The smallest absolute Gasteiger partial charge is 0.0872 e. The molecule has 0 spiro atoms. The van der Waals surface area contributed by atoms with Gasteiger partial charge in [-0.25, -0.2) is 0 Å². The Morgan fingerprint density at radius 2 is 1.71 bits per heavy atom. The molecule has 0 aliphatic rings. The highest BCUT2D eigenvalue weighted by Gasteiger charge is 2.26. The lowest BCUT2D eigenvalue weighted by Crippen LogP contribution is -2.21. The molecule has 0 aliphatic heterocycles. The van der Waals surface area contributed by atoms with Gasteiger partial charge in [0.25, 0.3) is 0 Å². The normalized spacial score (nSPS) is 14.0. The molecule has 3 N–H and O–H groups in total. The summed E-state index contributed by atoms with van der Waals surface area (Å²) in [4.78, 5) is 0. The summed E-state index contributed by atoms with van der Waals surface area (Å²) in [5.74, 6) is -0.399. The molecule has 0 fully saturated rings. The largest absolute Gasteiger partial charge is 0.388 e. The lowest BCUT2D eigenvalue weighted by Gasteiger charge is -2.24. The summed E-state index contributed by atoms with van der Waals surface area (Å²) in [6, 6.07) is 10.7. The van der Waals surface area contributed by atoms with Crippen molar-refractivity contribution in [2.24, 2.45) is 5.73 Å². The van der Waals surface area contributed by atoms with Gasteiger partial charge in [0.2, 0.25) is 0 Å². The standard InChI is InChI=1S/C16H16Cl3NO/c1-9-5-10(7-11(17)6-9)16(21)12(8-20)15-13(18)3-2-4-14(15)19/h2-7,12,16,21H,8,20H2,1H3. The van der Waals surface area contributed by atoms with Gasteiger partial charge < -0.3 is 10.8 Å². The molecule has 2 unspecified atom stereocenters. The van der Waals surface area contributed by atoms with Crippen LogP contribution < -0.4 is 5.73 Å². The van der Waals surface area contributed by atoms with E-state index < -0.39 is 12.0 Å². The Balaban J connectivity index is 2.45. The number of hydrogen-bond donors (Lipinski definition) is 2. The van der Waals surface area contributed by atoms with Crippen LogP contribution in [0.1, 0.15) is 28.7 Å².